The predicted octanol–water partition coefficient (Wildman–Crippen LogP) is 3.29. The Morgan fingerprint density at radius 3 is 2.76 bits per heavy atom. The number of nitrogens with two attached hydrogens (primary N) is 1. The third kappa shape index (κ3) is 2.96. The summed E-state index contributed by atoms with van der Waals surface area (Å²) >= 11 is 5.76. The van der Waals surface area contributed by atoms with Crippen LogP contribution in [-0.2, 0) is 6.54 Å². The van der Waals surface area contributed by atoms with Crippen molar-refractivity contribution >= 4 is 11.6 Å². The van der Waals surface area contributed by atoms with Crippen molar-refractivity contribution in [3.05, 3.63) is 52.7 Å². The van der Waals surface area contributed by atoms with E-state index in [1.54, 1.807) is 18.3 Å². The lowest BCUT2D eigenvalue weighted by Crippen LogP contribution is -1.97. The summed E-state index contributed by atoms with van der Waals surface area (Å²) in [6.45, 7) is 2.47. The van der Waals surface area contributed by atoms with Gasteiger partial charge in [-0.1, -0.05) is 23.7 Å². The molecule has 0 radical (unpaired) electrons. The fraction of sp³-hybridized carbons (Fsp3) is 0.154. The highest BCUT2D eigenvalue weighted by molar-refractivity contribution is 6.30. The van der Waals surface area contributed by atoms with Gasteiger partial charge >= 0.3 is 0 Å². The van der Waals surface area contributed by atoms with Crippen LogP contribution in [-0.4, -0.2) is 4.98 Å². The second kappa shape index (κ2) is 5.17. The van der Waals surface area contributed by atoms with Crippen LogP contribution in [0.5, 0.6) is 11.6 Å². The Balaban J connectivity index is 2.25. The van der Waals surface area contributed by atoms with Gasteiger partial charge in [-0.25, -0.2) is 4.98 Å². The zero-order valence-corrected chi connectivity index (χ0v) is 10.2. The van der Waals surface area contributed by atoms with Gasteiger partial charge in [-0.3, -0.25) is 0 Å². The van der Waals surface area contributed by atoms with E-state index in [1.807, 2.05) is 25.1 Å². The molecule has 0 saturated heterocycles. The fourth-order valence-corrected chi connectivity index (χ4v) is 1.53. The maximum absolute atomic E-state index is 5.76. The van der Waals surface area contributed by atoms with Crippen LogP contribution >= 0.6 is 11.6 Å². The van der Waals surface area contributed by atoms with E-state index in [0.29, 0.717) is 17.4 Å². The van der Waals surface area contributed by atoms with E-state index in [9.17, 15) is 0 Å². The van der Waals surface area contributed by atoms with Gasteiger partial charge < -0.3 is 10.5 Å². The molecule has 0 fully saturated rings. The van der Waals surface area contributed by atoms with Gasteiger partial charge in [0.25, 0.3) is 0 Å². The lowest BCUT2D eigenvalue weighted by Gasteiger charge is -2.09. The minimum Gasteiger partial charge on any atom is -0.439 e. The normalized spacial score (nSPS) is 10.3. The number of aryl methyl sites for hydroxylation is 1. The largest absolute Gasteiger partial charge is 0.439 e. The summed E-state index contributed by atoms with van der Waals surface area (Å²) < 4.78 is 5.68. The highest BCUT2D eigenvalue weighted by atomic mass is 35.5. The molecule has 2 aromatic rings. The minimum absolute atomic E-state index is 0.491. The van der Waals surface area contributed by atoms with Gasteiger partial charge in [0, 0.05) is 18.8 Å². The first-order chi connectivity index (χ1) is 8.19. The Labute approximate surface area is 105 Å². The smallest absolute Gasteiger partial charge is 0.219 e. The molecule has 1 aromatic heterocycles. The molecule has 0 unspecified atom stereocenters. The number of aromatic nitrogens is 1. The lowest BCUT2D eigenvalue weighted by atomic mass is 10.1. The first-order valence-electron chi connectivity index (χ1n) is 5.28. The average molecular weight is 249 g/mol. The van der Waals surface area contributed by atoms with Gasteiger partial charge in [-0.15, -0.1) is 0 Å². The van der Waals surface area contributed by atoms with E-state index in [2.05, 4.69) is 4.98 Å². The number of ether oxygens (including phenoxy) is 1. The molecule has 17 heavy (non-hydrogen) atoms. The molecular formula is C13H13ClN2O. The van der Waals surface area contributed by atoms with E-state index < -0.39 is 0 Å². The van der Waals surface area contributed by atoms with Crippen molar-refractivity contribution in [2.75, 3.05) is 0 Å². The Kier molecular flexibility index (Phi) is 3.61. The topological polar surface area (TPSA) is 48.1 Å². The van der Waals surface area contributed by atoms with Crippen LogP contribution in [0.15, 0.2) is 36.5 Å². The highest BCUT2D eigenvalue weighted by Crippen LogP contribution is 2.25. The molecule has 0 aliphatic rings. The van der Waals surface area contributed by atoms with Crippen molar-refractivity contribution in [3.63, 3.8) is 0 Å². The van der Waals surface area contributed by atoms with Crippen molar-refractivity contribution < 1.29 is 4.74 Å². The van der Waals surface area contributed by atoms with Gasteiger partial charge in [-0.2, -0.15) is 0 Å². The molecule has 0 bridgehead atoms. The molecule has 0 amide bonds. The number of hydrogen-bond donors (Lipinski definition) is 1. The Morgan fingerprint density at radius 2 is 2.12 bits per heavy atom. The molecule has 4 heteroatoms. The Morgan fingerprint density at radius 1 is 1.29 bits per heavy atom. The van der Waals surface area contributed by atoms with Gasteiger partial charge in [0.15, 0.2) is 0 Å². The molecule has 1 aromatic carbocycles. The van der Waals surface area contributed by atoms with Crippen LogP contribution in [0.25, 0.3) is 0 Å². The number of hydrogen-bond acceptors (Lipinski definition) is 3. The molecule has 0 saturated carbocycles. The molecule has 2 rings (SSSR count). The Bertz CT molecular complexity index is 511. The van der Waals surface area contributed by atoms with Crippen molar-refractivity contribution in [3.8, 4) is 11.6 Å². The standard InChI is InChI=1S/C13H13ClN2O/c1-9-2-3-10(7-15)6-12(9)17-13-5-4-11(14)8-16-13/h2-6,8H,7,15H2,1H3. The average Bonchev–Trinajstić information content (AvgIpc) is 2.35. The van der Waals surface area contributed by atoms with Crippen molar-refractivity contribution in [2.24, 2.45) is 5.73 Å². The van der Waals surface area contributed by atoms with Crippen LogP contribution in [0, 0.1) is 6.92 Å². The summed E-state index contributed by atoms with van der Waals surface area (Å²) in [6, 6.07) is 9.36. The monoisotopic (exact) mass is 248 g/mol. The summed E-state index contributed by atoms with van der Waals surface area (Å²) in [7, 11) is 0. The van der Waals surface area contributed by atoms with E-state index in [4.69, 9.17) is 22.1 Å². The van der Waals surface area contributed by atoms with Crippen LogP contribution in [0.1, 0.15) is 11.1 Å². The summed E-state index contributed by atoms with van der Waals surface area (Å²) in [4.78, 5) is 4.08. The third-order valence-corrected chi connectivity index (χ3v) is 2.63. The van der Waals surface area contributed by atoms with Crippen LogP contribution < -0.4 is 10.5 Å². The van der Waals surface area contributed by atoms with E-state index in [1.165, 1.54) is 0 Å². The Hall–Kier alpha value is -1.58. The molecule has 0 atom stereocenters. The number of halogens is 1. The van der Waals surface area contributed by atoms with Gasteiger partial charge in [0.2, 0.25) is 5.88 Å². The maximum atomic E-state index is 5.76. The predicted molar refractivity (Wildman–Crippen MR) is 68.4 cm³/mol. The molecule has 0 aliphatic heterocycles. The summed E-state index contributed by atoms with van der Waals surface area (Å²) in [5.74, 6) is 1.29. The molecule has 0 spiro atoms. The molecule has 3 nitrogen and oxygen atoms in total. The van der Waals surface area contributed by atoms with E-state index in [-0.39, 0.29) is 0 Å². The van der Waals surface area contributed by atoms with Crippen LogP contribution in [0.3, 0.4) is 0 Å². The van der Waals surface area contributed by atoms with Crippen LogP contribution in [0.4, 0.5) is 0 Å². The first-order valence-corrected chi connectivity index (χ1v) is 5.66. The first kappa shape index (κ1) is 11.9. The van der Waals surface area contributed by atoms with Gasteiger partial charge in [0.1, 0.15) is 5.75 Å². The second-order valence-corrected chi connectivity index (χ2v) is 4.16. The van der Waals surface area contributed by atoms with Gasteiger partial charge in [0.05, 0.1) is 5.02 Å². The molecule has 88 valence electrons. The number of nitrogens with zero attached hydrogens (tertiary/aromatic N) is 1. The fourth-order valence-electron chi connectivity index (χ4n) is 1.42. The number of rotatable bonds is 3. The molecule has 2 N–H and O–H groups in total. The summed E-state index contributed by atoms with van der Waals surface area (Å²) in [5, 5.41) is 0.588. The molecule has 1 heterocycles. The van der Waals surface area contributed by atoms with Crippen LogP contribution in [0.2, 0.25) is 5.02 Å². The van der Waals surface area contributed by atoms with Crippen molar-refractivity contribution in [1.82, 2.24) is 4.98 Å². The van der Waals surface area contributed by atoms with Crippen molar-refractivity contribution in [1.29, 1.82) is 0 Å². The van der Waals surface area contributed by atoms with Gasteiger partial charge in [-0.05, 0) is 30.2 Å². The maximum Gasteiger partial charge on any atom is 0.219 e. The summed E-state index contributed by atoms with van der Waals surface area (Å²) in [6.07, 6.45) is 1.55. The minimum atomic E-state index is 0.491. The van der Waals surface area contributed by atoms with E-state index >= 15 is 0 Å². The van der Waals surface area contributed by atoms with E-state index in [0.717, 1.165) is 16.9 Å². The molecular weight excluding hydrogens is 236 g/mol. The number of benzene rings is 1. The quantitative estimate of drug-likeness (QED) is 0.907. The third-order valence-electron chi connectivity index (χ3n) is 2.40. The zero-order chi connectivity index (χ0) is 12.3. The lowest BCUT2D eigenvalue weighted by molar-refractivity contribution is 0.459. The highest BCUT2D eigenvalue weighted by Gasteiger charge is 2.03. The SMILES string of the molecule is Cc1ccc(CN)cc1Oc1ccc(Cl)cn1. The summed E-state index contributed by atoms with van der Waals surface area (Å²) in [5.41, 5.74) is 7.66. The van der Waals surface area contributed by atoms with Crippen molar-refractivity contribution in [2.45, 2.75) is 13.5 Å². The second-order valence-electron chi connectivity index (χ2n) is 3.72. The molecule has 0 aliphatic carbocycles. The number of pyridine rings is 1. The zero-order valence-electron chi connectivity index (χ0n) is 9.48.